The smallest absolute Gasteiger partial charge is 0.243 e. The van der Waals surface area contributed by atoms with Gasteiger partial charge in [0.05, 0.1) is 0 Å². The molecule has 0 radical (unpaired) electrons. The van der Waals surface area contributed by atoms with Crippen LogP contribution < -0.4 is 10.8 Å². The van der Waals surface area contributed by atoms with Gasteiger partial charge in [0.1, 0.15) is 0 Å². The number of hydrogen-bond acceptors (Lipinski definition) is 3. The zero-order valence-corrected chi connectivity index (χ0v) is 11.1. The van der Waals surface area contributed by atoms with Gasteiger partial charge in [-0.25, -0.2) is 5.48 Å². The van der Waals surface area contributed by atoms with Crippen molar-refractivity contribution in [2.75, 3.05) is 5.32 Å². The van der Waals surface area contributed by atoms with Crippen LogP contribution >= 0.6 is 0 Å². The van der Waals surface area contributed by atoms with E-state index in [9.17, 15) is 9.59 Å². The summed E-state index contributed by atoms with van der Waals surface area (Å²) in [6, 6.07) is 7.64. The number of carbonyl (C=O) groups excluding carboxylic acids is 2. The van der Waals surface area contributed by atoms with Crippen LogP contribution in [0.25, 0.3) is 0 Å². The van der Waals surface area contributed by atoms with Gasteiger partial charge in [0, 0.05) is 18.5 Å². The van der Waals surface area contributed by atoms with E-state index < -0.39 is 0 Å². The van der Waals surface area contributed by atoms with Crippen LogP contribution in [-0.4, -0.2) is 17.0 Å². The summed E-state index contributed by atoms with van der Waals surface area (Å²) in [5, 5.41) is 11.1. The van der Waals surface area contributed by atoms with Crippen LogP contribution in [0.4, 0.5) is 5.69 Å². The first-order valence-electron chi connectivity index (χ1n) is 6.41. The van der Waals surface area contributed by atoms with Crippen molar-refractivity contribution in [2.45, 2.75) is 39.0 Å². The minimum atomic E-state index is -0.385. The lowest BCUT2D eigenvalue weighted by Gasteiger charge is -2.05. The van der Waals surface area contributed by atoms with E-state index in [0.29, 0.717) is 12.8 Å². The number of hydroxylamine groups is 1. The van der Waals surface area contributed by atoms with Crippen molar-refractivity contribution in [3.05, 3.63) is 29.8 Å². The van der Waals surface area contributed by atoms with Crippen LogP contribution in [0.15, 0.2) is 24.3 Å². The summed E-state index contributed by atoms with van der Waals surface area (Å²) in [5.41, 5.74) is 3.54. The van der Waals surface area contributed by atoms with Gasteiger partial charge in [0.15, 0.2) is 0 Å². The number of amides is 2. The number of carbonyl (C=O) groups is 2. The third kappa shape index (κ3) is 6.57. The van der Waals surface area contributed by atoms with Crippen molar-refractivity contribution < 1.29 is 14.8 Å². The Kier molecular flexibility index (Phi) is 6.60. The molecule has 1 aromatic rings. The molecule has 5 nitrogen and oxygen atoms in total. The molecule has 2 amide bonds. The van der Waals surface area contributed by atoms with E-state index in [1.807, 2.05) is 31.2 Å². The predicted octanol–water partition coefficient (Wildman–Crippen LogP) is 2.39. The molecule has 0 aromatic heterocycles. The molecule has 104 valence electrons. The second kappa shape index (κ2) is 8.26. The molecule has 0 aliphatic heterocycles. The van der Waals surface area contributed by atoms with E-state index >= 15 is 0 Å². The Morgan fingerprint density at radius 2 is 1.58 bits per heavy atom. The van der Waals surface area contributed by atoms with Crippen molar-refractivity contribution in [3.8, 4) is 0 Å². The lowest BCUT2D eigenvalue weighted by molar-refractivity contribution is -0.129. The van der Waals surface area contributed by atoms with Crippen molar-refractivity contribution >= 4 is 17.5 Å². The van der Waals surface area contributed by atoms with Gasteiger partial charge in [0.25, 0.3) is 0 Å². The molecule has 0 saturated heterocycles. The summed E-state index contributed by atoms with van der Waals surface area (Å²) < 4.78 is 0. The van der Waals surface area contributed by atoms with E-state index in [-0.39, 0.29) is 18.2 Å². The molecule has 0 bridgehead atoms. The van der Waals surface area contributed by atoms with Gasteiger partial charge in [-0.2, -0.15) is 0 Å². The summed E-state index contributed by atoms with van der Waals surface area (Å²) in [7, 11) is 0. The predicted molar refractivity (Wildman–Crippen MR) is 72.8 cm³/mol. The van der Waals surface area contributed by atoms with Crippen LogP contribution in [0, 0.1) is 6.92 Å². The monoisotopic (exact) mass is 264 g/mol. The number of benzene rings is 1. The number of unbranched alkanes of at least 4 members (excludes halogenated alkanes) is 2. The standard InChI is InChI=1S/C14H20N2O3/c1-11-7-9-12(10-8-11)15-13(17)5-3-2-4-6-14(18)16-19/h7-10,19H,2-6H2,1H3,(H,15,17)(H,16,18). The van der Waals surface area contributed by atoms with Crippen LogP contribution in [0.1, 0.15) is 37.7 Å². The molecule has 1 rings (SSSR count). The van der Waals surface area contributed by atoms with Crippen molar-refractivity contribution in [1.82, 2.24) is 5.48 Å². The van der Waals surface area contributed by atoms with Crippen LogP contribution in [0.2, 0.25) is 0 Å². The number of anilines is 1. The highest BCUT2D eigenvalue weighted by molar-refractivity contribution is 5.90. The van der Waals surface area contributed by atoms with Gasteiger partial charge in [-0.1, -0.05) is 24.1 Å². The Morgan fingerprint density at radius 3 is 2.16 bits per heavy atom. The maximum Gasteiger partial charge on any atom is 0.243 e. The van der Waals surface area contributed by atoms with Crippen molar-refractivity contribution in [3.63, 3.8) is 0 Å². The van der Waals surface area contributed by atoms with Gasteiger partial charge >= 0.3 is 0 Å². The molecule has 0 saturated carbocycles. The normalized spacial score (nSPS) is 10.0. The van der Waals surface area contributed by atoms with Gasteiger partial charge in [0.2, 0.25) is 11.8 Å². The third-order valence-electron chi connectivity index (χ3n) is 2.77. The van der Waals surface area contributed by atoms with Crippen molar-refractivity contribution in [2.24, 2.45) is 0 Å². The van der Waals surface area contributed by atoms with E-state index in [1.54, 1.807) is 5.48 Å². The largest absolute Gasteiger partial charge is 0.326 e. The fourth-order valence-electron chi connectivity index (χ4n) is 1.66. The minimum absolute atomic E-state index is 0.0181. The summed E-state index contributed by atoms with van der Waals surface area (Å²) >= 11 is 0. The maximum absolute atomic E-state index is 11.6. The van der Waals surface area contributed by atoms with Crippen molar-refractivity contribution in [1.29, 1.82) is 0 Å². The molecule has 0 spiro atoms. The van der Waals surface area contributed by atoms with Crippen LogP contribution in [0.5, 0.6) is 0 Å². The number of rotatable bonds is 7. The molecule has 0 atom stereocenters. The van der Waals surface area contributed by atoms with Gasteiger partial charge in [-0.05, 0) is 31.9 Å². The van der Waals surface area contributed by atoms with E-state index in [1.165, 1.54) is 0 Å². The first kappa shape index (κ1) is 15.2. The Balaban J connectivity index is 2.14. The van der Waals surface area contributed by atoms with Crippen LogP contribution in [0.3, 0.4) is 0 Å². The third-order valence-corrected chi connectivity index (χ3v) is 2.77. The zero-order valence-electron chi connectivity index (χ0n) is 11.1. The second-order valence-electron chi connectivity index (χ2n) is 4.51. The molecule has 0 heterocycles. The zero-order chi connectivity index (χ0) is 14.1. The molecule has 3 N–H and O–H groups in total. The Hall–Kier alpha value is -1.88. The highest BCUT2D eigenvalue weighted by atomic mass is 16.5. The lowest BCUT2D eigenvalue weighted by atomic mass is 10.1. The second-order valence-corrected chi connectivity index (χ2v) is 4.51. The first-order valence-corrected chi connectivity index (χ1v) is 6.41. The Morgan fingerprint density at radius 1 is 1.00 bits per heavy atom. The summed E-state index contributed by atoms with van der Waals surface area (Å²) in [4.78, 5) is 22.4. The average molecular weight is 264 g/mol. The van der Waals surface area contributed by atoms with E-state index in [2.05, 4.69) is 5.32 Å². The quantitative estimate of drug-likeness (QED) is 0.402. The molecule has 1 aromatic carbocycles. The summed E-state index contributed by atoms with van der Waals surface area (Å²) in [6.07, 6.45) is 2.92. The molecule has 0 aliphatic rings. The molecular weight excluding hydrogens is 244 g/mol. The Labute approximate surface area is 113 Å². The van der Waals surface area contributed by atoms with E-state index in [0.717, 1.165) is 24.1 Å². The fraction of sp³-hybridized carbons (Fsp3) is 0.429. The highest BCUT2D eigenvalue weighted by Crippen LogP contribution is 2.10. The molecule has 0 fully saturated rings. The maximum atomic E-state index is 11.6. The fourth-order valence-corrected chi connectivity index (χ4v) is 1.66. The van der Waals surface area contributed by atoms with Gasteiger partial charge < -0.3 is 5.32 Å². The minimum Gasteiger partial charge on any atom is -0.326 e. The molecule has 0 aliphatic carbocycles. The van der Waals surface area contributed by atoms with Gasteiger partial charge in [-0.3, -0.25) is 14.8 Å². The summed E-state index contributed by atoms with van der Waals surface area (Å²) in [5.74, 6) is -0.403. The highest BCUT2D eigenvalue weighted by Gasteiger charge is 2.03. The number of nitrogens with one attached hydrogen (secondary N) is 2. The number of hydrogen-bond donors (Lipinski definition) is 3. The Bertz CT molecular complexity index is 415. The first-order chi connectivity index (χ1) is 9.11. The molecule has 19 heavy (non-hydrogen) atoms. The summed E-state index contributed by atoms with van der Waals surface area (Å²) in [6.45, 7) is 1.99. The van der Waals surface area contributed by atoms with Crippen LogP contribution in [-0.2, 0) is 9.59 Å². The molecule has 0 unspecified atom stereocenters. The van der Waals surface area contributed by atoms with E-state index in [4.69, 9.17) is 5.21 Å². The SMILES string of the molecule is Cc1ccc(NC(=O)CCCCCC(=O)NO)cc1. The lowest BCUT2D eigenvalue weighted by Crippen LogP contribution is -2.17. The molecular formula is C14H20N2O3. The van der Waals surface area contributed by atoms with Gasteiger partial charge in [-0.15, -0.1) is 0 Å². The topological polar surface area (TPSA) is 78.4 Å². The average Bonchev–Trinajstić information content (AvgIpc) is 2.40. The molecule has 5 heteroatoms. The number of aryl methyl sites for hydroxylation is 1.